The smallest absolute Gasteiger partial charge is 0.478 e. The Kier molecular flexibility index (Phi) is 5.39. The number of benzene rings is 2. The van der Waals surface area contributed by atoms with Gasteiger partial charge in [0.15, 0.2) is 11.5 Å². The first kappa shape index (κ1) is 24.5. The Morgan fingerprint density at radius 3 is 2.32 bits per heavy atom. The highest BCUT2D eigenvalue weighted by atomic mass is 19.4. The zero-order chi connectivity index (χ0) is 26.8. The van der Waals surface area contributed by atoms with E-state index in [1.807, 2.05) is 0 Å². The van der Waals surface area contributed by atoms with Crippen LogP contribution < -0.4 is 14.8 Å². The number of ether oxygens (including phenoxy) is 2. The SMILES string of the molecule is Cc1cc(C(=O)O)ccc1-c1nc(NC(=O)C2(c3ccc4c(c3)OC(F)(F)O4)CC2)ccc1C(F)(F)F. The molecule has 0 bridgehead atoms. The molecule has 1 aromatic heterocycles. The number of pyridine rings is 1. The Hall–Kier alpha value is -4.22. The number of fused-ring (bicyclic) bond motifs is 1. The summed E-state index contributed by atoms with van der Waals surface area (Å²) in [5, 5.41) is 11.7. The summed E-state index contributed by atoms with van der Waals surface area (Å²) in [6, 6.07) is 9.42. The average molecular weight is 520 g/mol. The second-order valence-corrected chi connectivity index (χ2v) is 8.79. The van der Waals surface area contributed by atoms with Crippen LogP contribution in [0.4, 0.5) is 27.8 Å². The van der Waals surface area contributed by atoms with Crippen molar-refractivity contribution in [3.8, 4) is 22.8 Å². The fourth-order valence-electron chi connectivity index (χ4n) is 4.28. The number of aromatic carboxylic acids is 1. The normalized spacial score (nSPS) is 16.8. The molecule has 0 spiro atoms. The lowest BCUT2D eigenvalue weighted by Crippen LogP contribution is -2.28. The molecule has 1 aliphatic carbocycles. The lowest BCUT2D eigenvalue weighted by atomic mass is 9.94. The van der Waals surface area contributed by atoms with E-state index in [-0.39, 0.29) is 34.0 Å². The van der Waals surface area contributed by atoms with Crippen molar-refractivity contribution in [2.45, 2.75) is 37.7 Å². The predicted octanol–water partition coefficient (Wildman–Crippen LogP) is 5.77. The maximum Gasteiger partial charge on any atom is 0.586 e. The molecule has 0 unspecified atom stereocenters. The summed E-state index contributed by atoms with van der Waals surface area (Å²) in [6.07, 6.45) is -7.84. The van der Waals surface area contributed by atoms with Crippen molar-refractivity contribution < 1.29 is 46.1 Å². The van der Waals surface area contributed by atoms with Crippen LogP contribution in [0.15, 0.2) is 48.5 Å². The molecule has 37 heavy (non-hydrogen) atoms. The third-order valence-corrected chi connectivity index (χ3v) is 6.31. The number of halogens is 5. The number of hydrogen-bond donors (Lipinski definition) is 2. The predicted molar refractivity (Wildman–Crippen MR) is 119 cm³/mol. The van der Waals surface area contributed by atoms with Crippen molar-refractivity contribution in [2.24, 2.45) is 0 Å². The van der Waals surface area contributed by atoms with Crippen LogP contribution >= 0.6 is 0 Å². The average Bonchev–Trinajstić information content (AvgIpc) is 3.55. The molecule has 1 fully saturated rings. The van der Waals surface area contributed by atoms with E-state index in [9.17, 15) is 31.5 Å². The summed E-state index contributed by atoms with van der Waals surface area (Å²) in [5.74, 6) is -2.37. The van der Waals surface area contributed by atoms with Crippen LogP contribution in [0.25, 0.3) is 11.3 Å². The second kappa shape index (κ2) is 8.15. The number of hydrogen-bond acceptors (Lipinski definition) is 5. The monoisotopic (exact) mass is 520 g/mol. The van der Waals surface area contributed by atoms with Gasteiger partial charge in [0.1, 0.15) is 5.82 Å². The number of carboxylic acid groups (broad SMARTS) is 1. The van der Waals surface area contributed by atoms with E-state index in [2.05, 4.69) is 19.8 Å². The number of rotatable bonds is 5. The number of nitrogens with one attached hydrogen (secondary N) is 1. The maximum atomic E-state index is 13.8. The quantitative estimate of drug-likeness (QED) is 0.415. The summed E-state index contributed by atoms with van der Waals surface area (Å²) in [5.41, 5.74) is -2.05. The van der Waals surface area contributed by atoms with E-state index in [0.29, 0.717) is 18.4 Å². The topological polar surface area (TPSA) is 97.8 Å². The van der Waals surface area contributed by atoms with Gasteiger partial charge in [0.05, 0.1) is 22.2 Å². The van der Waals surface area contributed by atoms with Gasteiger partial charge in [-0.05, 0) is 67.3 Å². The van der Waals surface area contributed by atoms with Crippen LogP contribution in [0.3, 0.4) is 0 Å². The van der Waals surface area contributed by atoms with E-state index in [4.69, 9.17) is 5.11 Å². The Labute approximate surface area is 205 Å². The summed E-state index contributed by atoms with van der Waals surface area (Å²) in [4.78, 5) is 28.5. The van der Waals surface area contributed by atoms with E-state index in [1.54, 1.807) is 0 Å². The Morgan fingerprint density at radius 2 is 1.70 bits per heavy atom. The molecule has 2 aliphatic rings. The van der Waals surface area contributed by atoms with Crippen molar-refractivity contribution in [2.75, 3.05) is 5.32 Å². The third kappa shape index (κ3) is 4.43. The van der Waals surface area contributed by atoms with Crippen molar-refractivity contribution in [1.82, 2.24) is 4.98 Å². The van der Waals surface area contributed by atoms with Gasteiger partial charge < -0.3 is 19.9 Å². The first-order valence-electron chi connectivity index (χ1n) is 10.9. The Bertz CT molecular complexity index is 1450. The molecule has 0 saturated heterocycles. The van der Waals surface area contributed by atoms with E-state index in [0.717, 1.165) is 12.1 Å². The van der Waals surface area contributed by atoms with Crippen LogP contribution in [0.2, 0.25) is 0 Å². The van der Waals surface area contributed by atoms with Gasteiger partial charge in [-0.3, -0.25) is 4.79 Å². The molecular weight excluding hydrogens is 503 g/mol. The standard InChI is InChI=1S/C25H17F5N2O5/c1-12-10-13(21(33)34)2-4-15(12)20-16(24(26,27)28)5-7-19(31-20)32-22(35)23(8-9-23)14-3-6-17-18(11-14)37-25(29,30)36-17/h2-7,10-11H,8-9H2,1H3,(H,33,34)(H,31,32,35). The maximum absolute atomic E-state index is 13.8. The molecule has 1 amide bonds. The van der Waals surface area contributed by atoms with Crippen LogP contribution in [0, 0.1) is 6.92 Å². The molecule has 2 N–H and O–H groups in total. The second-order valence-electron chi connectivity index (χ2n) is 8.79. The molecule has 1 aliphatic heterocycles. The molecule has 12 heteroatoms. The number of carboxylic acids is 1. The van der Waals surface area contributed by atoms with Gasteiger partial charge >= 0.3 is 18.4 Å². The fraction of sp³-hybridized carbons (Fsp3) is 0.240. The summed E-state index contributed by atoms with van der Waals surface area (Å²) in [6.45, 7) is 1.46. The first-order valence-corrected chi connectivity index (χ1v) is 10.9. The van der Waals surface area contributed by atoms with Gasteiger partial charge in [0, 0.05) is 5.56 Å². The van der Waals surface area contributed by atoms with Gasteiger partial charge in [0.25, 0.3) is 0 Å². The lowest BCUT2D eigenvalue weighted by molar-refractivity contribution is -0.286. The van der Waals surface area contributed by atoms with Crippen molar-refractivity contribution >= 4 is 17.7 Å². The zero-order valence-corrected chi connectivity index (χ0v) is 19.0. The third-order valence-electron chi connectivity index (χ3n) is 6.31. The first-order chi connectivity index (χ1) is 17.3. The van der Waals surface area contributed by atoms with E-state index < -0.39 is 41.0 Å². The molecule has 0 atom stereocenters. The minimum absolute atomic E-state index is 0.0475. The minimum Gasteiger partial charge on any atom is -0.478 e. The van der Waals surface area contributed by atoms with E-state index >= 15 is 0 Å². The van der Waals surface area contributed by atoms with Gasteiger partial charge in [-0.25, -0.2) is 9.78 Å². The number of carbonyl (C=O) groups is 2. The molecule has 1 saturated carbocycles. The van der Waals surface area contributed by atoms with Gasteiger partial charge in [-0.15, -0.1) is 8.78 Å². The number of amides is 1. The Morgan fingerprint density at radius 1 is 1.00 bits per heavy atom. The largest absolute Gasteiger partial charge is 0.586 e. The lowest BCUT2D eigenvalue weighted by Gasteiger charge is -2.18. The summed E-state index contributed by atoms with van der Waals surface area (Å²) >= 11 is 0. The minimum atomic E-state index is -4.77. The molecule has 7 nitrogen and oxygen atoms in total. The van der Waals surface area contributed by atoms with Crippen molar-refractivity contribution in [3.63, 3.8) is 0 Å². The van der Waals surface area contributed by atoms with Gasteiger partial charge in [-0.1, -0.05) is 12.1 Å². The molecule has 2 heterocycles. The Balaban J connectivity index is 1.47. The highest BCUT2D eigenvalue weighted by Gasteiger charge is 2.53. The number of anilines is 1. The zero-order valence-electron chi connectivity index (χ0n) is 19.0. The van der Waals surface area contributed by atoms with E-state index in [1.165, 1.54) is 43.3 Å². The van der Waals surface area contributed by atoms with Gasteiger partial charge in [0.2, 0.25) is 5.91 Å². The fourth-order valence-corrected chi connectivity index (χ4v) is 4.28. The number of carbonyl (C=O) groups excluding carboxylic acids is 1. The summed E-state index contributed by atoms with van der Waals surface area (Å²) in [7, 11) is 0. The molecule has 192 valence electrons. The van der Waals surface area contributed by atoms with Gasteiger partial charge in [-0.2, -0.15) is 13.2 Å². The van der Waals surface area contributed by atoms with Crippen LogP contribution in [-0.2, 0) is 16.4 Å². The van der Waals surface area contributed by atoms with Crippen molar-refractivity contribution in [1.29, 1.82) is 0 Å². The number of nitrogens with zero attached hydrogens (tertiary/aromatic N) is 1. The molecule has 5 rings (SSSR count). The van der Waals surface area contributed by atoms with Crippen LogP contribution in [0.1, 0.15) is 39.9 Å². The van der Waals surface area contributed by atoms with Crippen molar-refractivity contribution in [3.05, 3.63) is 70.8 Å². The molecule has 3 aromatic rings. The highest BCUT2D eigenvalue weighted by Crippen LogP contribution is 2.52. The van der Waals surface area contributed by atoms with Crippen LogP contribution in [-0.4, -0.2) is 28.3 Å². The highest BCUT2D eigenvalue weighted by molar-refractivity contribution is 6.01. The number of aryl methyl sites for hydroxylation is 1. The molecular formula is C25H17F5N2O5. The number of alkyl halides is 5. The number of aromatic nitrogens is 1. The molecule has 2 aromatic carbocycles. The van der Waals surface area contributed by atoms with Crippen LogP contribution in [0.5, 0.6) is 11.5 Å². The summed E-state index contributed by atoms with van der Waals surface area (Å²) < 4.78 is 76.8. The molecule has 0 radical (unpaired) electrons.